The van der Waals surface area contributed by atoms with Crippen molar-refractivity contribution >= 4 is 22.7 Å². The lowest BCUT2D eigenvalue weighted by molar-refractivity contribution is -0.137. The number of aromatic nitrogens is 4. The van der Waals surface area contributed by atoms with Crippen molar-refractivity contribution in [2.45, 2.75) is 18.0 Å². The lowest BCUT2D eigenvalue weighted by atomic mass is 10.1. The van der Waals surface area contributed by atoms with Crippen molar-refractivity contribution in [3.63, 3.8) is 0 Å². The molecule has 124 valence electrons. The van der Waals surface area contributed by atoms with E-state index < -0.39 is 17.3 Å². The maximum atomic E-state index is 12.9. The molecular formula is C15H11F3N4OS. The number of alkyl halides is 3. The molecule has 3 aromatic rings. The van der Waals surface area contributed by atoms with Crippen molar-refractivity contribution in [1.82, 2.24) is 20.0 Å². The summed E-state index contributed by atoms with van der Waals surface area (Å²) in [5.74, 6) is 0.994. The molecule has 0 atom stereocenters. The molecule has 24 heavy (non-hydrogen) atoms. The van der Waals surface area contributed by atoms with Crippen LogP contribution in [-0.4, -0.2) is 25.7 Å². The Kier molecular flexibility index (Phi) is 4.27. The molecule has 0 amide bonds. The fourth-order valence-electron chi connectivity index (χ4n) is 2.17. The number of thioether (sulfide) groups is 1. The molecule has 0 radical (unpaired) electrons. The van der Waals surface area contributed by atoms with Crippen LogP contribution in [0.5, 0.6) is 0 Å². The van der Waals surface area contributed by atoms with Crippen LogP contribution in [0.1, 0.15) is 12.5 Å². The topological polar surface area (TPSA) is 60.7 Å². The van der Waals surface area contributed by atoms with Crippen LogP contribution in [0, 0.1) is 0 Å². The second-order valence-electron chi connectivity index (χ2n) is 4.79. The average molecular weight is 352 g/mol. The van der Waals surface area contributed by atoms with E-state index >= 15 is 0 Å². The summed E-state index contributed by atoms with van der Waals surface area (Å²) < 4.78 is 39.6. The second-order valence-corrected chi connectivity index (χ2v) is 6.10. The van der Waals surface area contributed by atoms with E-state index in [-0.39, 0.29) is 16.7 Å². The van der Waals surface area contributed by atoms with Gasteiger partial charge in [-0.05, 0) is 36.1 Å². The first kappa shape index (κ1) is 16.4. The van der Waals surface area contributed by atoms with E-state index in [1.807, 2.05) is 6.92 Å². The molecule has 0 saturated carbocycles. The van der Waals surface area contributed by atoms with Crippen molar-refractivity contribution < 1.29 is 13.2 Å². The molecule has 0 bridgehead atoms. The lowest BCUT2D eigenvalue weighted by Gasteiger charge is -2.10. The highest BCUT2D eigenvalue weighted by Gasteiger charge is 2.31. The number of benzene rings is 1. The summed E-state index contributed by atoms with van der Waals surface area (Å²) in [6, 6.07) is 6.28. The maximum absolute atomic E-state index is 12.9. The smallest absolute Gasteiger partial charge is 0.267 e. The molecule has 0 unspecified atom stereocenters. The molecule has 3 rings (SSSR count). The van der Waals surface area contributed by atoms with Crippen LogP contribution in [0.2, 0.25) is 0 Å². The largest absolute Gasteiger partial charge is 0.416 e. The summed E-state index contributed by atoms with van der Waals surface area (Å²) in [4.78, 5) is 17.4. The van der Waals surface area contributed by atoms with Crippen LogP contribution < -0.4 is 5.56 Å². The Hall–Kier alpha value is -2.42. The van der Waals surface area contributed by atoms with E-state index in [1.54, 1.807) is 12.1 Å². The van der Waals surface area contributed by atoms with Crippen molar-refractivity contribution in [3.05, 3.63) is 52.4 Å². The molecular weight excluding hydrogens is 341 g/mol. The maximum Gasteiger partial charge on any atom is 0.416 e. The highest BCUT2D eigenvalue weighted by Crippen LogP contribution is 2.30. The number of fused-ring (bicyclic) bond motifs is 1. The van der Waals surface area contributed by atoms with Gasteiger partial charge >= 0.3 is 6.18 Å². The molecule has 2 aromatic heterocycles. The Bertz CT molecular complexity index is 955. The van der Waals surface area contributed by atoms with E-state index in [4.69, 9.17) is 0 Å². The van der Waals surface area contributed by atoms with E-state index in [1.165, 1.54) is 18.0 Å². The first-order valence-electron chi connectivity index (χ1n) is 6.97. The van der Waals surface area contributed by atoms with Gasteiger partial charge in [0.1, 0.15) is 5.52 Å². The van der Waals surface area contributed by atoms with Gasteiger partial charge in [-0.1, -0.05) is 12.1 Å². The summed E-state index contributed by atoms with van der Waals surface area (Å²) in [5, 5.41) is 7.49. The lowest BCUT2D eigenvalue weighted by Crippen LogP contribution is -2.24. The molecule has 0 aliphatic carbocycles. The normalized spacial score (nSPS) is 11.8. The predicted molar refractivity (Wildman–Crippen MR) is 84.3 cm³/mol. The summed E-state index contributed by atoms with van der Waals surface area (Å²) in [6.45, 7) is 1.94. The van der Waals surface area contributed by atoms with Crippen molar-refractivity contribution in [2.24, 2.45) is 0 Å². The van der Waals surface area contributed by atoms with Crippen LogP contribution in [0.4, 0.5) is 13.2 Å². The molecule has 1 aromatic carbocycles. The molecule has 0 aliphatic heterocycles. The van der Waals surface area contributed by atoms with Gasteiger partial charge in [0.2, 0.25) is 0 Å². The highest BCUT2D eigenvalue weighted by molar-refractivity contribution is 7.99. The Morgan fingerprint density at radius 1 is 1.25 bits per heavy atom. The molecule has 0 spiro atoms. The highest BCUT2D eigenvalue weighted by atomic mass is 32.2. The van der Waals surface area contributed by atoms with Gasteiger partial charge in [-0.3, -0.25) is 4.79 Å². The number of pyridine rings is 1. The van der Waals surface area contributed by atoms with Gasteiger partial charge < -0.3 is 0 Å². The summed E-state index contributed by atoms with van der Waals surface area (Å²) in [7, 11) is 0. The standard InChI is InChI=1S/C15H11F3N4OS/c1-2-24-12-4-3-7-19-13(12)22-14(23)10-8-9(15(16,17)18)5-6-11(10)20-21-22/h3-8H,2H2,1H3. The fourth-order valence-corrected chi connectivity index (χ4v) is 2.92. The van der Waals surface area contributed by atoms with Crippen LogP contribution in [0.25, 0.3) is 16.7 Å². The van der Waals surface area contributed by atoms with Crippen molar-refractivity contribution in [2.75, 3.05) is 5.75 Å². The number of hydrogen-bond donors (Lipinski definition) is 0. The Morgan fingerprint density at radius 3 is 2.75 bits per heavy atom. The van der Waals surface area contributed by atoms with Gasteiger partial charge in [0, 0.05) is 6.20 Å². The fraction of sp³-hybridized carbons (Fsp3) is 0.200. The zero-order valence-corrected chi connectivity index (χ0v) is 13.2. The summed E-state index contributed by atoms with van der Waals surface area (Å²) >= 11 is 1.45. The first-order valence-corrected chi connectivity index (χ1v) is 7.95. The average Bonchev–Trinajstić information content (AvgIpc) is 2.55. The van der Waals surface area contributed by atoms with E-state index in [0.717, 1.165) is 28.6 Å². The molecule has 2 heterocycles. The Morgan fingerprint density at radius 2 is 2.04 bits per heavy atom. The Balaban J connectivity index is 2.24. The quantitative estimate of drug-likeness (QED) is 0.677. The first-order chi connectivity index (χ1) is 11.4. The van der Waals surface area contributed by atoms with Crippen molar-refractivity contribution in [3.8, 4) is 5.82 Å². The Labute approximate surface area is 138 Å². The minimum Gasteiger partial charge on any atom is -0.267 e. The van der Waals surface area contributed by atoms with Gasteiger partial charge in [0.05, 0.1) is 15.8 Å². The van der Waals surface area contributed by atoms with Gasteiger partial charge in [0.15, 0.2) is 5.82 Å². The minimum absolute atomic E-state index is 0.102. The van der Waals surface area contributed by atoms with Gasteiger partial charge in [-0.15, -0.1) is 16.9 Å². The molecule has 5 nitrogen and oxygen atoms in total. The van der Waals surface area contributed by atoms with Gasteiger partial charge in [-0.25, -0.2) is 4.98 Å². The number of rotatable bonds is 3. The van der Waals surface area contributed by atoms with Crippen LogP contribution in [0.15, 0.2) is 46.2 Å². The van der Waals surface area contributed by atoms with Crippen LogP contribution in [0.3, 0.4) is 0 Å². The summed E-state index contributed by atoms with van der Waals surface area (Å²) in [6.07, 6.45) is -3.05. The number of halogens is 3. The van der Waals surface area contributed by atoms with E-state index in [9.17, 15) is 18.0 Å². The minimum atomic E-state index is -4.54. The van der Waals surface area contributed by atoms with Gasteiger partial charge in [-0.2, -0.15) is 17.9 Å². The summed E-state index contributed by atoms with van der Waals surface area (Å²) in [5.41, 5.74) is -1.50. The third kappa shape index (κ3) is 2.99. The van der Waals surface area contributed by atoms with E-state index in [0.29, 0.717) is 4.90 Å². The third-order valence-corrected chi connectivity index (χ3v) is 4.16. The van der Waals surface area contributed by atoms with Crippen molar-refractivity contribution in [1.29, 1.82) is 0 Å². The van der Waals surface area contributed by atoms with E-state index in [2.05, 4.69) is 15.3 Å². The number of hydrogen-bond acceptors (Lipinski definition) is 5. The van der Waals surface area contributed by atoms with Gasteiger partial charge in [0.25, 0.3) is 5.56 Å². The monoisotopic (exact) mass is 352 g/mol. The zero-order chi connectivity index (χ0) is 17.3. The van der Waals surface area contributed by atoms with Crippen LogP contribution in [-0.2, 0) is 6.18 Å². The molecule has 9 heteroatoms. The molecule has 0 saturated heterocycles. The third-order valence-electron chi connectivity index (χ3n) is 3.24. The molecule has 0 fully saturated rings. The second kappa shape index (κ2) is 6.23. The molecule has 0 aliphatic rings. The number of nitrogens with zero attached hydrogens (tertiary/aromatic N) is 4. The molecule has 0 N–H and O–H groups in total. The van der Waals surface area contributed by atoms with Crippen LogP contribution >= 0.6 is 11.8 Å². The zero-order valence-electron chi connectivity index (χ0n) is 12.4. The SMILES string of the molecule is CCSc1cccnc1-n1nnc2ccc(C(F)(F)F)cc2c1=O. The predicted octanol–water partition coefficient (Wildman–Crippen LogP) is 3.31.